The molecule has 1 atom stereocenters. The van der Waals surface area contributed by atoms with Crippen molar-refractivity contribution in [2.45, 2.75) is 40.5 Å². The summed E-state index contributed by atoms with van der Waals surface area (Å²) in [5.74, 6) is 1.53. The molecule has 2 heteroatoms. The highest BCUT2D eigenvalue weighted by molar-refractivity contribution is 5.54. The number of nitrogen functional groups attached to an aromatic ring is 1. The first kappa shape index (κ1) is 12.9. The van der Waals surface area contributed by atoms with Gasteiger partial charge in [0.05, 0.1) is 6.61 Å². The number of hydrogen-bond acceptors (Lipinski definition) is 2. The van der Waals surface area contributed by atoms with E-state index >= 15 is 0 Å². The highest BCUT2D eigenvalue weighted by Gasteiger charge is 2.06. The monoisotopic (exact) mass is 221 g/mol. The van der Waals surface area contributed by atoms with Crippen LogP contribution in [0.3, 0.4) is 0 Å². The summed E-state index contributed by atoms with van der Waals surface area (Å²) in [5, 5.41) is 0. The van der Waals surface area contributed by atoms with Gasteiger partial charge in [0.2, 0.25) is 0 Å². The van der Waals surface area contributed by atoms with E-state index in [0.29, 0.717) is 5.92 Å². The van der Waals surface area contributed by atoms with E-state index < -0.39 is 0 Å². The second kappa shape index (κ2) is 5.78. The smallest absolute Gasteiger partial charge is 0.124 e. The highest BCUT2D eigenvalue weighted by Crippen LogP contribution is 2.25. The van der Waals surface area contributed by atoms with Gasteiger partial charge in [0.15, 0.2) is 0 Å². The molecule has 0 saturated carbocycles. The van der Waals surface area contributed by atoms with Crippen LogP contribution < -0.4 is 10.5 Å². The molecule has 0 aliphatic carbocycles. The van der Waals surface area contributed by atoms with Gasteiger partial charge in [-0.1, -0.05) is 26.3 Å². The van der Waals surface area contributed by atoms with Gasteiger partial charge < -0.3 is 10.5 Å². The summed E-state index contributed by atoms with van der Waals surface area (Å²) in [7, 11) is 0. The lowest BCUT2D eigenvalue weighted by Gasteiger charge is -2.15. The molecule has 0 spiro atoms. The third-order valence-corrected chi connectivity index (χ3v) is 2.87. The fraction of sp³-hybridized carbons (Fsp3) is 0.571. The number of anilines is 1. The highest BCUT2D eigenvalue weighted by atomic mass is 16.5. The van der Waals surface area contributed by atoms with E-state index in [0.717, 1.165) is 29.2 Å². The van der Waals surface area contributed by atoms with Crippen molar-refractivity contribution in [3.8, 4) is 5.75 Å². The van der Waals surface area contributed by atoms with Crippen molar-refractivity contribution in [2.75, 3.05) is 12.3 Å². The summed E-state index contributed by atoms with van der Waals surface area (Å²) in [6.45, 7) is 9.28. The molecular weight excluding hydrogens is 198 g/mol. The average molecular weight is 221 g/mol. The van der Waals surface area contributed by atoms with Gasteiger partial charge in [0.1, 0.15) is 5.75 Å². The average Bonchev–Trinajstić information content (AvgIpc) is 2.22. The Bertz CT molecular complexity index is 347. The number of benzene rings is 1. The van der Waals surface area contributed by atoms with E-state index in [9.17, 15) is 0 Å². The quantitative estimate of drug-likeness (QED) is 0.769. The molecule has 0 fully saturated rings. The molecule has 0 aromatic heterocycles. The Kier molecular flexibility index (Phi) is 4.66. The van der Waals surface area contributed by atoms with Crippen LogP contribution >= 0.6 is 0 Å². The molecule has 1 aromatic rings. The maximum Gasteiger partial charge on any atom is 0.124 e. The Hall–Kier alpha value is -1.18. The molecule has 1 rings (SSSR count). The van der Waals surface area contributed by atoms with Gasteiger partial charge in [-0.3, -0.25) is 0 Å². The molecule has 0 bridgehead atoms. The van der Waals surface area contributed by atoms with Crippen molar-refractivity contribution in [1.82, 2.24) is 0 Å². The number of nitrogens with two attached hydrogens (primary N) is 1. The summed E-state index contributed by atoms with van der Waals surface area (Å²) < 4.78 is 5.81. The fourth-order valence-corrected chi connectivity index (χ4v) is 1.81. The topological polar surface area (TPSA) is 35.2 Å². The van der Waals surface area contributed by atoms with Crippen LogP contribution in [0.25, 0.3) is 0 Å². The molecule has 1 aromatic carbocycles. The molecule has 0 heterocycles. The Balaban J connectivity index is 2.63. The fourth-order valence-electron chi connectivity index (χ4n) is 1.81. The Morgan fingerprint density at radius 1 is 1.25 bits per heavy atom. The van der Waals surface area contributed by atoms with Crippen molar-refractivity contribution in [3.63, 3.8) is 0 Å². The van der Waals surface area contributed by atoms with Gasteiger partial charge >= 0.3 is 0 Å². The molecule has 1 unspecified atom stereocenters. The Morgan fingerprint density at radius 3 is 2.56 bits per heavy atom. The van der Waals surface area contributed by atoms with Crippen molar-refractivity contribution in [3.05, 3.63) is 23.3 Å². The number of rotatable bonds is 5. The Labute approximate surface area is 98.8 Å². The van der Waals surface area contributed by atoms with Gasteiger partial charge in [-0.05, 0) is 37.3 Å². The van der Waals surface area contributed by atoms with Crippen LogP contribution in [0.4, 0.5) is 5.69 Å². The third-order valence-electron chi connectivity index (χ3n) is 2.87. The summed E-state index contributed by atoms with van der Waals surface area (Å²) in [6, 6.07) is 4.01. The summed E-state index contributed by atoms with van der Waals surface area (Å²) in [4.78, 5) is 0. The summed E-state index contributed by atoms with van der Waals surface area (Å²) in [5.41, 5.74) is 8.96. The van der Waals surface area contributed by atoms with Crippen LogP contribution in [-0.4, -0.2) is 6.61 Å². The number of ether oxygens (including phenoxy) is 1. The molecule has 0 radical (unpaired) electrons. The Morgan fingerprint density at radius 2 is 1.94 bits per heavy atom. The SMILES string of the molecule is CCCC(C)COc1cc(N)c(C)cc1C. The van der Waals surface area contributed by atoms with Crippen molar-refractivity contribution in [1.29, 1.82) is 0 Å². The standard InChI is InChI=1S/C14H23NO/c1-5-6-10(2)9-16-14-8-13(15)11(3)7-12(14)4/h7-8,10H,5-6,9,15H2,1-4H3. The molecular formula is C14H23NO. The lowest BCUT2D eigenvalue weighted by atomic mass is 10.1. The van der Waals surface area contributed by atoms with Crippen molar-refractivity contribution < 1.29 is 4.74 Å². The zero-order valence-electron chi connectivity index (χ0n) is 10.8. The summed E-state index contributed by atoms with van der Waals surface area (Å²) in [6.07, 6.45) is 2.42. The minimum absolute atomic E-state index is 0.604. The first-order valence-electron chi connectivity index (χ1n) is 6.04. The summed E-state index contributed by atoms with van der Waals surface area (Å²) >= 11 is 0. The normalized spacial score (nSPS) is 12.5. The first-order chi connectivity index (χ1) is 7.54. The molecule has 16 heavy (non-hydrogen) atoms. The van der Waals surface area contributed by atoms with Crippen LogP contribution in [0, 0.1) is 19.8 Å². The zero-order valence-corrected chi connectivity index (χ0v) is 10.8. The van der Waals surface area contributed by atoms with Crippen LogP contribution in [0.5, 0.6) is 5.75 Å². The maximum absolute atomic E-state index is 5.87. The molecule has 0 saturated heterocycles. The van der Waals surface area contributed by atoms with E-state index in [2.05, 4.69) is 26.8 Å². The lowest BCUT2D eigenvalue weighted by molar-refractivity contribution is 0.250. The minimum atomic E-state index is 0.604. The van der Waals surface area contributed by atoms with E-state index in [-0.39, 0.29) is 0 Å². The number of aryl methyl sites for hydroxylation is 2. The van der Waals surface area contributed by atoms with Crippen LogP contribution in [0.15, 0.2) is 12.1 Å². The van der Waals surface area contributed by atoms with Crippen LogP contribution in [0.2, 0.25) is 0 Å². The van der Waals surface area contributed by atoms with Crippen LogP contribution in [0.1, 0.15) is 37.8 Å². The molecule has 0 amide bonds. The van der Waals surface area contributed by atoms with E-state index in [4.69, 9.17) is 10.5 Å². The largest absolute Gasteiger partial charge is 0.493 e. The predicted molar refractivity (Wildman–Crippen MR) is 69.9 cm³/mol. The van der Waals surface area contributed by atoms with E-state index in [1.54, 1.807) is 0 Å². The van der Waals surface area contributed by atoms with Gasteiger partial charge in [-0.15, -0.1) is 0 Å². The van der Waals surface area contributed by atoms with E-state index in [1.807, 2.05) is 13.0 Å². The second-order valence-electron chi connectivity index (χ2n) is 4.68. The van der Waals surface area contributed by atoms with Gasteiger partial charge in [-0.2, -0.15) is 0 Å². The van der Waals surface area contributed by atoms with Gasteiger partial charge in [-0.25, -0.2) is 0 Å². The third kappa shape index (κ3) is 3.44. The second-order valence-corrected chi connectivity index (χ2v) is 4.68. The molecule has 2 N–H and O–H groups in total. The maximum atomic E-state index is 5.87. The molecule has 2 nitrogen and oxygen atoms in total. The molecule has 90 valence electrons. The van der Waals surface area contributed by atoms with Crippen molar-refractivity contribution >= 4 is 5.69 Å². The predicted octanol–water partition coefficient (Wildman–Crippen LogP) is 3.70. The van der Waals surface area contributed by atoms with Gasteiger partial charge in [0, 0.05) is 11.8 Å². The number of hydrogen-bond donors (Lipinski definition) is 1. The first-order valence-corrected chi connectivity index (χ1v) is 6.04. The molecule has 0 aliphatic rings. The van der Waals surface area contributed by atoms with Gasteiger partial charge in [0.25, 0.3) is 0 Å². The molecule has 0 aliphatic heterocycles. The van der Waals surface area contributed by atoms with Crippen molar-refractivity contribution in [2.24, 2.45) is 5.92 Å². The lowest BCUT2D eigenvalue weighted by Crippen LogP contribution is -2.09. The minimum Gasteiger partial charge on any atom is -0.493 e. The van der Waals surface area contributed by atoms with E-state index in [1.165, 1.54) is 12.8 Å². The van der Waals surface area contributed by atoms with Crippen LogP contribution in [-0.2, 0) is 0 Å². The zero-order chi connectivity index (χ0) is 12.1.